The second kappa shape index (κ2) is 9.02. The Hall–Kier alpha value is -0.240. The van der Waals surface area contributed by atoms with Crippen molar-refractivity contribution in [3.63, 3.8) is 0 Å². The first-order valence-corrected chi connectivity index (χ1v) is 6.50. The van der Waals surface area contributed by atoms with Crippen molar-refractivity contribution in [3.8, 4) is 0 Å². The molecule has 0 aliphatic heterocycles. The van der Waals surface area contributed by atoms with Gasteiger partial charge in [0.2, 0.25) is 5.91 Å². The lowest BCUT2D eigenvalue weighted by atomic mass is 10.1. The van der Waals surface area contributed by atoms with E-state index in [1.165, 1.54) is 12.8 Å². The molecular formula is C12H24ClNO. The van der Waals surface area contributed by atoms with Gasteiger partial charge in [-0.1, -0.05) is 33.1 Å². The molecule has 0 aromatic heterocycles. The van der Waals surface area contributed by atoms with Crippen molar-refractivity contribution < 1.29 is 4.79 Å². The maximum absolute atomic E-state index is 11.5. The second-order valence-electron chi connectivity index (χ2n) is 4.30. The zero-order valence-corrected chi connectivity index (χ0v) is 10.9. The van der Waals surface area contributed by atoms with Crippen LogP contribution in [0.15, 0.2) is 0 Å². The van der Waals surface area contributed by atoms with E-state index in [0.717, 1.165) is 12.8 Å². The summed E-state index contributed by atoms with van der Waals surface area (Å²) in [5, 5.41) is 2.98. The van der Waals surface area contributed by atoms with Crippen LogP contribution in [0.1, 0.15) is 52.9 Å². The molecular weight excluding hydrogens is 210 g/mol. The fourth-order valence-corrected chi connectivity index (χ4v) is 1.58. The van der Waals surface area contributed by atoms with Crippen LogP contribution in [0.3, 0.4) is 0 Å². The average Bonchev–Trinajstić information content (AvgIpc) is 2.23. The number of hydrogen-bond donors (Lipinski definition) is 1. The molecule has 1 amide bonds. The number of amides is 1. The summed E-state index contributed by atoms with van der Waals surface area (Å²) in [7, 11) is 0. The Balaban J connectivity index is 3.55. The first-order chi connectivity index (χ1) is 7.11. The van der Waals surface area contributed by atoms with Gasteiger partial charge in [-0.05, 0) is 19.3 Å². The molecule has 15 heavy (non-hydrogen) atoms. The number of alkyl halides is 1. The number of unbranched alkanes of at least 4 members (excludes halogenated alkanes) is 3. The minimum absolute atomic E-state index is 0.163. The topological polar surface area (TPSA) is 29.1 Å². The second-order valence-corrected chi connectivity index (χ2v) is 4.61. The summed E-state index contributed by atoms with van der Waals surface area (Å²) in [6.07, 6.45) is 5.24. The largest absolute Gasteiger partial charge is 0.353 e. The quantitative estimate of drug-likeness (QED) is 0.506. The van der Waals surface area contributed by atoms with Crippen molar-refractivity contribution in [2.24, 2.45) is 5.92 Å². The molecule has 2 nitrogen and oxygen atoms in total. The number of carbonyl (C=O) groups excluding carboxylic acids is 1. The number of carbonyl (C=O) groups is 1. The Kier molecular flexibility index (Phi) is 8.88. The molecule has 3 heteroatoms. The third kappa shape index (κ3) is 7.66. The summed E-state index contributed by atoms with van der Waals surface area (Å²) in [6, 6.07) is 0.182. The van der Waals surface area contributed by atoms with E-state index in [-0.39, 0.29) is 11.9 Å². The maximum Gasteiger partial charge on any atom is 0.220 e. The Labute approximate surface area is 98.8 Å². The lowest BCUT2D eigenvalue weighted by Gasteiger charge is -2.18. The Morgan fingerprint density at radius 1 is 1.27 bits per heavy atom. The maximum atomic E-state index is 11.5. The van der Waals surface area contributed by atoms with E-state index in [9.17, 15) is 4.79 Å². The first-order valence-electron chi connectivity index (χ1n) is 5.97. The van der Waals surface area contributed by atoms with Crippen molar-refractivity contribution in [1.29, 1.82) is 0 Å². The van der Waals surface area contributed by atoms with Gasteiger partial charge in [-0.3, -0.25) is 4.79 Å². The van der Waals surface area contributed by atoms with Crippen molar-refractivity contribution in [2.75, 3.05) is 5.88 Å². The van der Waals surface area contributed by atoms with Gasteiger partial charge in [-0.15, -0.1) is 11.6 Å². The Morgan fingerprint density at radius 2 is 1.93 bits per heavy atom. The molecule has 0 saturated carbocycles. The minimum atomic E-state index is 0.163. The zero-order chi connectivity index (χ0) is 11.7. The summed E-state index contributed by atoms with van der Waals surface area (Å²) in [4.78, 5) is 11.5. The molecule has 0 fully saturated rings. The molecule has 0 bridgehead atoms. The van der Waals surface area contributed by atoms with Gasteiger partial charge in [0.25, 0.3) is 0 Å². The molecule has 0 aliphatic carbocycles. The molecule has 1 N–H and O–H groups in total. The van der Waals surface area contributed by atoms with E-state index in [4.69, 9.17) is 11.6 Å². The third-order valence-electron chi connectivity index (χ3n) is 2.74. The van der Waals surface area contributed by atoms with Crippen molar-refractivity contribution in [2.45, 2.75) is 58.9 Å². The molecule has 0 aromatic carbocycles. The summed E-state index contributed by atoms with van der Waals surface area (Å²) >= 11 is 5.72. The van der Waals surface area contributed by atoms with Gasteiger partial charge in [0.15, 0.2) is 0 Å². The van der Waals surface area contributed by atoms with Crippen LogP contribution in [0.5, 0.6) is 0 Å². The van der Waals surface area contributed by atoms with Crippen LogP contribution in [0.2, 0.25) is 0 Å². The molecule has 0 rings (SSSR count). The van der Waals surface area contributed by atoms with Crippen LogP contribution in [-0.2, 0) is 4.79 Å². The van der Waals surface area contributed by atoms with Crippen LogP contribution >= 0.6 is 11.6 Å². The number of rotatable bonds is 8. The van der Waals surface area contributed by atoms with Crippen LogP contribution in [-0.4, -0.2) is 17.8 Å². The van der Waals surface area contributed by atoms with E-state index in [1.807, 2.05) is 6.92 Å². The SMILES string of the molecule is CCCCCCC(=O)NC(C)C(C)CCl. The van der Waals surface area contributed by atoms with Gasteiger partial charge >= 0.3 is 0 Å². The van der Waals surface area contributed by atoms with Gasteiger partial charge in [0.1, 0.15) is 0 Å². The van der Waals surface area contributed by atoms with Crippen LogP contribution in [0, 0.1) is 5.92 Å². The van der Waals surface area contributed by atoms with E-state index in [0.29, 0.717) is 18.2 Å². The molecule has 2 atom stereocenters. The van der Waals surface area contributed by atoms with E-state index in [2.05, 4.69) is 19.2 Å². The highest BCUT2D eigenvalue weighted by molar-refractivity contribution is 6.18. The molecule has 0 saturated heterocycles. The number of nitrogens with one attached hydrogen (secondary N) is 1. The highest BCUT2D eigenvalue weighted by Crippen LogP contribution is 2.06. The monoisotopic (exact) mass is 233 g/mol. The van der Waals surface area contributed by atoms with Crippen molar-refractivity contribution >= 4 is 17.5 Å². The molecule has 0 heterocycles. The number of hydrogen-bond acceptors (Lipinski definition) is 1. The lowest BCUT2D eigenvalue weighted by Crippen LogP contribution is -2.37. The predicted octanol–water partition coefficient (Wildman–Crippen LogP) is 3.34. The predicted molar refractivity (Wildman–Crippen MR) is 66.2 cm³/mol. The van der Waals surface area contributed by atoms with E-state index < -0.39 is 0 Å². The molecule has 90 valence electrons. The van der Waals surface area contributed by atoms with Gasteiger partial charge in [0, 0.05) is 18.3 Å². The van der Waals surface area contributed by atoms with Gasteiger partial charge < -0.3 is 5.32 Å². The standard InChI is InChI=1S/C12H24ClNO/c1-4-5-6-7-8-12(15)14-11(3)10(2)9-13/h10-11H,4-9H2,1-3H3,(H,14,15). The van der Waals surface area contributed by atoms with Crippen LogP contribution in [0.25, 0.3) is 0 Å². The van der Waals surface area contributed by atoms with Crippen LogP contribution < -0.4 is 5.32 Å². The van der Waals surface area contributed by atoms with E-state index >= 15 is 0 Å². The minimum Gasteiger partial charge on any atom is -0.353 e. The lowest BCUT2D eigenvalue weighted by molar-refractivity contribution is -0.122. The fraction of sp³-hybridized carbons (Fsp3) is 0.917. The molecule has 0 spiro atoms. The van der Waals surface area contributed by atoms with Crippen LogP contribution in [0.4, 0.5) is 0 Å². The summed E-state index contributed by atoms with van der Waals surface area (Å²) in [5.74, 6) is 1.10. The Morgan fingerprint density at radius 3 is 2.47 bits per heavy atom. The highest BCUT2D eigenvalue weighted by atomic mass is 35.5. The molecule has 0 aliphatic rings. The molecule has 0 radical (unpaired) electrons. The third-order valence-corrected chi connectivity index (χ3v) is 3.23. The smallest absolute Gasteiger partial charge is 0.220 e. The normalized spacial score (nSPS) is 14.7. The zero-order valence-electron chi connectivity index (χ0n) is 10.2. The first kappa shape index (κ1) is 14.8. The van der Waals surface area contributed by atoms with Gasteiger partial charge in [-0.25, -0.2) is 0 Å². The number of halogens is 1. The van der Waals surface area contributed by atoms with E-state index in [1.54, 1.807) is 0 Å². The summed E-state index contributed by atoms with van der Waals surface area (Å²) in [5.41, 5.74) is 0. The van der Waals surface area contributed by atoms with Crippen molar-refractivity contribution in [3.05, 3.63) is 0 Å². The molecule has 2 unspecified atom stereocenters. The molecule has 0 aromatic rings. The fourth-order valence-electron chi connectivity index (χ4n) is 1.31. The van der Waals surface area contributed by atoms with Gasteiger partial charge in [-0.2, -0.15) is 0 Å². The summed E-state index contributed by atoms with van der Waals surface area (Å²) in [6.45, 7) is 6.23. The van der Waals surface area contributed by atoms with Gasteiger partial charge in [0.05, 0.1) is 0 Å². The average molecular weight is 234 g/mol. The summed E-state index contributed by atoms with van der Waals surface area (Å²) < 4.78 is 0. The highest BCUT2D eigenvalue weighted by Gasteiger charge is 2.13. The van der Waals surface area contributed by atoms with Crippen molar-refractivity contribution in [1.82, 2.24) is 5.32 Å². The Bertz CT molecular complexity index is 173.